The quantitative estimate of drug-likeness (QED) is 0.844. The van der Waals surface area contributed by atoms with Gasteiger partial charge in [-0.15, -0.1) is 10.2 Å². The summed E-state index contributed by atoms with van der Waals surface area (Å²) >= 11 is 0. The molecule has 0 amide bonds. The summed E-state index contributed by atoms with van der Waals surface area (Å²) in [5.74, 6) is 2.16. The van der Waals surface area contributed by atoms with Gasteiger partial charge in [-0.2, -0.15) is 4.31 Å². The number of hydrogen-bond acceptors (Lipinski definition) is 6. The second-order valence-electron chi connectivity index (χ2n) is 7.08. The van der Waals surface area contributed by atoms with Crippen molar-refractivity contribution < 1.29 is 13.2 Å². The van der Waals surface area contributed by atoms with Gasteiger partial charge in [0.05, 0.1) is 13.2 Å². The molecule has 0 unspecified atom stereocenters. The lowest BCUT2D eigenvalue weighted by Crippen LogP contribution is -2.34. The maximum Gasteiger partial charge on any atom is 0.246 e. The number of aromatic nitrogens is 3. The molecule has 1 N–H and O–H groups in total. The van der Waals surface area contributed by atoms with E-state index < -0.39 is 10.0 Å². The second kappa shape index (κ2) is 7.21. The molecule has 4 rings (SSSR count). The first-order valence-corrected chi connectivity index (χ1v) is 10.7. The number of hydrogen-bond donors (Lipinski definition) is 1. The maximum absolute atomic E-state index is 13.3. The Morgan fingerprint density at radius 2 is 2.07 bits per heavy atom. The molecule has 1 aromatic heterocycles. The minimum Gasteiger partial charge on any atom is -0.495 e. The standard InChI is InChI=1S/C18H25N5O3S/c1-13-5-6-15(26-2)16(12-13)27(24,25)22-9-7-17-20-21-18(23(17)11-10-22)14-4-3-8-19-14/h5-6,12,14,19H,3-4,7-11H2,1-2H3/t14-/m1/s1. The molecule has 2 aliphatic heterocycles. The molecule has 0 saturated carbocycles. The highest BCUT2D eigenvalue weighted by Gasteiger charge is 2.32. The zero-order valence-electron chi connectivity index (χ0n) is 15.7. The van der Waals surface area contributed by atoms with Crippen LogP contribution in [0.2, 0.25) is 0 Å². The van der Waals surface area contributed by atoms with Crippen molar-refractivity contribution in [2.45, 2.75) is 43.7 Å². The van der Waals surface area contributed by atoms with Crippen LogP contribution in [0.25, 0.3) is 0 Å². The zero-order chi connectivity index (χ0) is 19.0. The largest absolute Gasteiger partial charge is 0.495 e. The average molecular weight is 391 g/mol. The number of aryl methyl sites for hydroxylation is 1. The van der Waals surface area contributed by atoms with Crippen molar-refractivity contribution in [1.82, 2.24) is 24.4 Å². The van der Waals surface area contributed by atoms with Crippen LogP contribution in [0.1, 0.15) is 36.1 Å². The molecular weight excluding hydrogens is 366 g/mol. The van der Waals surface area contributed by atoms with Crippen molar-refractivity contribution in [1.29, 1.82) is 0 Å². The number of methoxy groups -OCH3 is 1. The van der Waals surface area contributed by atoms with Crippen LogP contribution in [0, 0.1) is 6.92 Å². The molecule has 9 heteroatoms. The van der Waals surface area contributed by atoms with Gasteiger partial charge in [0.1, 0.15) is 22.3 Å². The van der Waals surface area contributed by atoms with Crippen LogP contribution in [0.3, 0.4) is 0 Å². The molecule has 0 radical (unpaired) electrons. The molecule has 1 aromatic carbocycles. The van der Waals surface area contributed by atoms with Gasteiger partial charge >= 0.3 is 0 Å². The van der Waals surface area contributed by atoms with E-state index in [2.05, 4.69) is 20.1 Å². The number of benzene rings is 1. The van der Waals surface area contributed by atoms with Gasteiger partial charge in [0, 0.05) is 26.1 Å². The fourth-order valence-electron chi connectivity index (χ4n) is 3.85. The number of sulfonamides is 1. The van der Waals surface area contributed by atoms with E-state index in [0.717, 1.165) is 36.6 Å². The highest BCUT2D eigenvalue weighted by atomic mass is 32.2. The van der Waals surface area contributed by atoms with Crippen molar-refractivity contribution in [2.24, 2.45) is 0 Å². The van der Waals surface area contributed by atoms with Crippen LogP contribution >= 0.6 is 0 Å². The van der Waals surface area contributed by atoms with Crippen LogP contribution in [0.15, 0.2) is 23.1 Å². The van der Waals surface area contributed by atoms with Crippen LogP contribution < -0.4 is 10.1 Å². The van der Waals surface area contributed by atoms with Gasteiger partial charge in [0.25, 0.3) is 0 Å². The van der Waals surface area contributed by atoms with Gasteiger partial charge in [0.2, 0.25) is 10.0 Å². The Bertz CT molecular complexity index is 934. The number of nitrogens with one attached hydrogen (secondary N) is 1. The monoisotopic (exact) mass is 391 g/mol. The van der Waals surface area contributed by atoms with Crippen molar-refractivity contribution >= 4 is 10.0 Å². The summed E-state index contributed by atoms with van der Waals surface area (Å²) in [5.41, 5.74) is 0.885. The number of ether oxygens (including phenoxy) is 1. The number of fused-ring (bicyclic) bond motifs is 1. The Kier molecular flexibility index (Phi) is 4.92. The fourth-order valence-corrected chi connectivity index (χ4v) is 5.53. The molecule has 146 valence electrons. The molecule has 8 nitrogen and oxygen atoms in total. The van der Waals surface area contributed by atoms with E-state index in [4.69, 9.17) is 4.74 Å². The van der Waals surface area contributed by atoms with Gasteiger partial charge in [-0.3, -0.25) is 0 Å². The minimum atomic E-state index is -3.65. The minimum absolute atomic E-state index is 0.214. The lowest BCUT2D eigenvalue weighted by Gasteiger charge is -2.21. The highest BCUT2D eigenvalue weighted by molar-refractivity contribution is 7.89. The summed E-state index contributed by atoms with van der Waals surface area (Å²) in [4.78, 5) is 0.223. The van der Waals surface area contributed by atoms with E-state index in [1.54, 1.807) is 12.1 Å². The molecule has 0 bridgehead atoms. The molecule has 0 aliphatic carbocycles. The molecule has 2 aliphatic rings. The maximum atomic E-state index is 13.3. The van der Waals surface area contributed by atoms with E-state index in [1.165, 1.54) is 11.4 Å². The van der Waals surface area contributed by atoms with Crippen molar-refractivity contribution in [3.05, 3.63) is 35.4 Å². The molecule has 27 heavy (non-hydrogen) atoms. The smallest absolute Gasteiger partial charge is 0.246 e. The van der Waals surface area contributed by atoms with Gasteiger partial charge in [-0.05, 0) is 44.0 Å². The van der Waals surface area contributed by atoms with Crippen LogP contribution in [0.4, 0.5) is 0 Å². The van der Waals surface area contributed by atoms with E-state index >= 15 is 0 Å². The molecule has 1 atom stereocenters. The highest BCUT2D eigenvalue weighted by Crippen LogP contribution is 2.29. The van der Waals surface area contributed by atoms with E-state index in [9.17, 15) is 8.42 Å². The van der Waals surface area contributed by atoms with E-state index in [0.29, 0.717) is 31.8 Å². The molecule has 1 saturated heterocycles. The predicted molar refractivity (Wildman–Crippen MR) is 100 cm³/mol. The third-order valence-corrected chi connectivity index (χ3v) is 7.24. The fraction of sp³-hybridized carbons (Fsp3) is 0.556. The lowest BCUT2D eigenvalue weighted by atomic mass is 10.2. The van der Waals surface area contributed by atoms with Crippen LogP contribution in [0.5, 0.6) is 5.75 Å². The first-order chi connectivity index (χ1) is 13.0. The molecule has 0 spiro atoms. The molecule has 1 fully saturated rings. The molecular formula is C18H25N5O3S. The van der Waals surface area contributed by atoms with E-state index in [-0.39, 0.29) is 10.9 Å². The SMILES string of the molecule is COc1ccc(C)cc1S(=O)(=O)N1CCc2nnc([C@H]3CCCN3)n2CC1. The summed E-state index contributed by atoms with van der Waals surface area (Å²) in [7, 11) is -2.15. The summed E-state index contributed by atoms with van der Waals surface area (Å²) < 4.78 is 35.5. The first kappa shape index (κ1) is 18.4. The Morgan fingerprint density at radius 3 is 2.81 bits per heavy atom. The van der Waals surface area contributed by atoms with Gasteiger partial charge in [-0.25, -0.2) is 8.42 Å². The predicted octanol–water partition coefficient (Wildman–Crippen LogP) is 1.27. The second-order valence-corrected chi connectivity index (χ2v) is 8.99. The average Bonchev–Trinajstić information content (AvgIpc) is 3.27. The summed E-state index contributed by atoms with van der Waals surface area (Å²) in [5, 5.41) is 12.1. The normalized spacial score (nSPS) is 21.0. The summed E-state index contributed by atoms with van der Waals surface area (Å²) in [6.07, 6.45) is 2.72. The van der Waals surface area contributed by atoms with Gasteiger partial charge in [-0.1, -0.05) is 6.07 Å². The van der Waals surface area contributed by atoms with Crippen LogP contribution in [-0.2, 0) is 23.0 Å². The van der Waals surface area contributed by atoms with Gasteiger partial charge in [0.15, 0.2) is 0 Å². The van der Waals surface area contributed by atoms with Gasteiger partial charge < -0.3 is 14.6 Å². The Morgan fingerprint density at radius 1 is 1.22 bits per heavy atom. The lowest BCUT2D eigenvalue weighted by molar-refractivity contribution is 0.387. The third kappa shape index (κ3) is 3.35. The van der Waals surface area contributed by atoms with E-state index in [1.807, 2.05) is 13.0 Å². The Balaban J connectivity index is 1.61. The topological polar surface area (TPSA) is 89.4 Å². The Hall–Kier alpha value is -1.97. The number of nitrogens with zero attached hydrogens (tertiary/aromatic N) is 4. The van der Waals surface area contributed by atoms with Crippen molar-refractivity contribution in [3.63, 3.8) is 0 Å². The van der Waals surface area contributed by atoms with Crippen molar-refractivity contribution in [3.8, 4) is 5.75 Å². The molecule has 2 aromatic rings. The third-order valence-electron chi connectivity index (χ3n) is 5.32. The summed E-state index contributed by atoms with van der Waals surface area (Å²) in [6, 6.07) is 5.44. The zero-order valence-corrected chi connectivity index (χ0v) is 16.5. The summed E-state index contributed by atoms with van der Waals surface area (Å²) in [6.45, 7) is 4.20. The van der Waals surface area contributed by atoms with Crippen molar-refractivity contribution in [2.75, 3.05) is 26.7 Å². The Labute approximate surface area is 159 Å². The number of rotatable bonds is 4. The first-order valence-electron chi connectivity index (χ1n) is 9.31. The van der Waals surface area contributed by atoms with Crippen LogP contribution in [-0.4, -0.2) is 54.2 Å². The molecule has 3 heterocycles.